The summed E-state index contributed by atoms with van der Waals surface area (Å²) in [5.74, 6) is -0.224. The normalized spacial score (nSPS) is 18.9. The second-order valence-corrected chi connectivity index (χ2v) is 4.64. The molecule has 0 aromatic carbocycles. The first-order valence-corrected chi connectivity index (χ1v) is 7.05. The van der Waals surface area contributed by atoms with Crippen molar-refractivity contribution in [1.82, 2.24) is 15.5 Å². The lowest BCUT2D eigenvalue weighted by Crippen LogP contribution is -2.57. The molecule has 2 N–H and O–H groups in total. The van der Waals surface area contributed by atoms with Crippen LogP contribution in [0.15, 0.2) is 0 Å². The number of rotatable bonds is 8. The number of morpholine rings is 1. The highest BCUT2D eigenvalue weighted by Gasteiger charge is 2.32. The van der Waals surface area contributed by atoms with Crippen LogP contribution in [0, 0.1) is 0 Å². The third-order valence-electron chi connectivity index (χ3n) is 3.06. The molecule has 0 aromatic heterocycles. The van der Waals surface area contributed by atoms with Gasteiger partial charge in [0.1, 0.15) is 6.04 Å². The molecule has 0 bridgehead atoms. The van der Waals surface area contributed by atoms with Crippen molar-refractivity contribution in [3.8, 4) is 0 Å². The maximum Gasteiger partial charge on any atom is 0.245 e. The van der Waals surface area contributed by atoms with Crippen molar-refractivity contribution < 1.29 is 19.1 Å². The molecule has 7 heteroatoms. The molecule has 1 atom stereocenters. The summed E-state index contributed by atoms with van der Waals surface area (Å²) in [5.41, 5.74) is 0. The van der Waals surface area contributed by atoms with Gasteiger partial charge in [0.2, 0.25) is 11.8 Å². The molecule has 0 radical (unpaired) electrons. The fourth-order valence-corrected chi connectivity index (χ4v) is 1.96. The summed E-state index contributed by atoms with van der Waals surface area (Å²) in [4.78, 5) is 25.8. The number of hydrogen-bond donors (Lipinski definition) is 2. The van der Waals surface area contributed by atoms with Crippen LogP contribution in [-0.4, -0.2) is 75.9 Å². The molecule has 2 amide bonds. The van der Waals surface area contributed by atoms with E-state index in [1.165, 1.54) is 0 Å². The quantitative estimate of drug-likeness (QED) is 0.558. The van der Waals surface area contributed by atoms with E-state index >= 15 is 0 Å². The monoisotopic (exact) mass is 287 g/mol. The van der Waals surface area contributed by atoms with Gasteiger partial charge in [0.25, 0.3) is 0 Å². The lowest BCUT2D eigenvalue weighted by atomic mass is 10.2. The Kier molecular flexibility index (Phi) is 8.17. The van der Waals surface area contributed by atoms with Crippen molar-refractivity contribution in [2.45, 2.75) is 19.4 Å². The number of ether oxygens (including phenoxy) is 2. The van der Waals surface area contributed by atoms with Crippen LogP contribution in [-0.2, 0) is 19.1 Å². The molecule has 0 spiro atoms. The molecule has 1 heterocycles. The second kappa shape index (κ2) is 9.68. The van der Waals surface area contributed by atoms with Crippen molar-refractivity contribution in [2.75, 3.05) is 53.1 Å². The molecular formula is C13H25N3O4. The summed E-state index contributed by atoms with van der Waals surface area (Å²) in [6.45, 7) is 5.16. The lowest BCUT2D eigenvalue weighted by Gasteiger charge is -2.34. The Bertz CT molecular complexity index is 312. The van der Waals surface area contributed by atoms with Crippen LogP contribution in [0.4, 0.5) is 0 Å². The minimum Gasteiger partial charge on any atom is -0.383 e. The minimum atomic E-state index is -0.521. The van der Waals surface area contributed by atoms with Gasteiger partial charge in [0, 0.05) is 26.7 Å². The van der Waals surface area contributed by atoms with Gasteiger partial charge in [-0.3, -0.25) is 9.59 Å². The van der Waals surface area contributed by atoms with Gasteiger partial charge in [0.05, 0.1) is 26.4 Å². The zero-order valence-corrected chi connectivity index (χ0v) is 12.3. The second-order valence-electron chi connectivity index (χ2n) is 4.64. The standard InChI is InChI=1S/C13H25N3O4/c1-3-4-15-13(18)11-10-20-8-6-16(11)12(17)9-14-5-7-19-2/h11,14H,3-10H2,1-2H3,(H,15,18). The van der Waals surface area contributed by atoms with E-state index in [4.69, 9.17) is 9.47 Å². The molecule has 1 rings (SSSR count). The molecule has 1 aliphatic rings. The van der Waals surface area contributed by atoms with Crippen LogP contribution in [0.2, 0.25) is 0 Å². The first kappa shape index (κ1) is 16.9. The number of carbonyl (C=O) groups is 2. The van der Waals surface area contributed by atoms with Crippen molar-refractivity contribution in [3.05, 3.63) is 0 Å². The fourth-order valence-electron chi connectivity index (χ4n) is 1.96. The topological polar surface area (TPSA) is 79.9 Å². The van der Waals surface area contributed by atoms with Crippen LogP contribution in [0.3, 0.4) is 0 Å². The number of nitrogens with zero attached hydrogens (tertiary/aromatic N) is 1. The predicted octanol–water partition coefficient (Wildman–Crippen LogP) is -1.02. The molecule has 1 aliphatic heterocycles. The summed E-state index contributed by atoms with van der Waals surface area (Å²) in [5, 5.41) is 5.81. The van der Waals surface area contributed by atoms with Crippen molar-refractivity contribution in [1.29, 1.82) is 0 Å². The van der Waals surface area contributed by atoms with Gasteiger partial charge in [-0.2, -0.15) is 0 Å². The maximum atomic E-state index is 12.1. The maximum absolute atomic E-state index is 12.1. The highest BCUT2D eigenvalue weighted by atomic mass is 16.5. The average molecular weight is 287 g/mol. The van der Waals surface area contributed by atoms with E-state index in [1.807, 2.05) is 6.92 Å². The molecule has 116 valence electrons. The molecule has 1 unspecified atom stereocenters. The summed E-state index contributed by atoms with van der Waals surface area (Å²) in [6.07, 6.45) is 0.867. The molecule has 0 aromatic rings. The zero-order chi connectivity index (χ0) is 14.8. The third-order valence-corrected chi connectivity index (χ3v) is 3.06. The highest BCUT2D eigenvalue weighted by Crippen LogP contribution is 2.07. The SMILES string of the molecule is CCCNC(=O)C1COCCN1C(=O)CNCCOC. The average Bonchev–Trinajstić information content (AvgIpc) is 2.49. The Balaban J connectivity index is 2.46. The van der Waals surface area contributed by atoms with Crippen LogP contribution >= 0.6 is 0 Å². The van der Waals surface area contributed by atoms with E-state index in [1.54, 1.807) is 12.0 Å². The van der Waals surface area contributed by atoms with Gasteiger partial charge in [-0.1, -0.05) is 6.92 Å². The van der Waals surface area contributed by atoms with Gasteiger partial charge < -0.3 is 25.0 Å². The van der Waals surface area contributed by atoms with Crippen LogP contribution in [0.25, 0.3) is 0 Å². The van der Waals surface area contributed by atoms with Gasteiger partial charge in [-0.25, -0.2) is 0 Å². The first-order chi connectivity index (χ1) is 9.70. The lowest BCUT2D eigenvalue weighted by molar-refractivity contribution is -0.147. The minimum absolute atomic E-state index is 0.0824. The smallest absolute Gasteiger partial charge is 0.245 e. The molecule has 7 nitrogen and oxygen atoms in total. The summed E-state index contributed by atoms with van der Waals surface area (Å²) in [7, 11) is 1.61. The summed E-state index contributed by atoms with van der Waals surface area (Å²) >= 11 is 0. The van der Waals surface area contributed by atoms with Crippen LogP contribution in [0.1, 0.15) is 13.3 Å². The Morgan fingerprint density at radius 1 is 1.40 bits per heavy atom. The van der Waals surface area contributed by atoms with Gasteiger partial charge in [-0.05, 0) is 6.42 Å². The van der Waals surface area contributed by atoms with Crippen LogP contribution in [0.5, 0.6) is 0 Å². The fraction of sp³-hybridized carbons (Fsp3) is 0.846. The zero-order valence-electron chi connectivity index (χ0n) is 12.3. The van der Waals surface area contributed by atoms with Gasteiger partial charge in [-0.15, -0.1) is 0 Å². The number of hydrogen-bond acceptors (Lipinski definition) is 5. The molecule has 0 aliphatic carbocycles. The van der Waals surface area contributed by atoms with E-state index in [9.17, 15) is 9.59 Å². The Hall–Kier alpha value is -1.18. The van der Waals surface area contributed by atoms with E-state index in [0.29, 0.717) is 32.8 Å². The number of amides is 2. The predicted molar refractivity (Wildman–Crippen MR) is 74.4 cm³/mol. The molecular weight excluding hydrogens is 262 g/mol. The number of methoxy groups -OCH3 is 1. The van der Waals surface area contributed by atoms with Crippen molar-refractivity contribution in [2.24, 2.45) is 0 Å². The molecule has 1 saturated heterocycles. The molecule has 20 heavy (non-hydrogen) atoms. The Labute approximate surface area is 120 Å². The van der Waals surface area contributed by atoms with Gasteiger partial charge >= 0.3 is 0 Å². The number of nitrogens with one attached hydrogen (secondary N) is 2. The molecule has 1 fully saturated rings. The van der Waals surface area contributed by atoms with Crippen molar-refractivity contribution >= 4 is 11.8 Å². The summed E-state index contributed by atoms with van der Waals surface area (Å²) in [6, 6.07) is -0.521. The Morgan fingerprint density at radius 2 is 2.20 bits per heavy atom. The Morgan fingerprint density at radius 3 is 2.90 bits per heavy atom. The summed E-state index contributed by atoms with van der Waals surface area (Å²) < 4.78 is 10.2. The van der Waals surface area contributed by atoms with E-state index in [0.717, 1.165) is 6.42 Å². The van der Waals surface area contributed by atoms with Gasteiger partial charge in [0.15, 0.2) is 0 Å². The molecule has 0 saturated carbocycles. The van der Waals surface area contributed by atoms with E-state index in [2.05, 4.69) is 10.6 Å². The van der Waals surface area contributed by atoms with E-state index in [-0.39, 0.29) is 25.0 Å². The highest BCUT2D eigenvalue weighted by molar-refractivity contribution is 5.88. The van der Waals surface area contributed by atoms with E-state index < -0.39 is 6.04 Å². The first-order valence-electron chi connectivity index (χ1n) is 7.05. The third kappa shape index (κ3) is 5.44. The van der Waals surface area contributed by atoms with Crippen molar-refractivity contribution in [3.63, 3.8) is 0 Å². The largest absolute Gasteiger partial charge is 0.383 e. The van der Waals surface area contributed by atoms with Crippen LogP contribution < -0.4 is 10.6 Å². The number of carbonyl (C=O) groups excluding carboxylic acids is 2.